The Kier molecular flexibility index (Phi) is 3.24. The first kappa shape index (κ1) is 13.2. The van der Waals surface area contributed by atoms with Crippen LogP contribution in [0.5, 0.6) is 11.5 Å². The highest BCUT2D eigenvalue weighted by molar-refractivity contribution is 7.64. The molecule has 2 atom stereocenters. The van der Waals surface area contributed by atoms with Gasteiger partial charge in [0.2, 0.25) is 0 Å². The molecule has 0 amide bonds. The van der Waals surface area contributed by atoms with Crippen molar-refractivity contribution in [2.45, 2.75) is 12.6 Å². The molecule has 18 heavy (non-hydrogen) atoms. The van der Waals surface area contributed by atoms with Crippen molar-refractivity contribution < 1.29 is 18.8 Å². The molecule has 1 heterocycles. The molecule has 0 unspecified atom stereocenters. The number of hydrogen-bond acceptors (Lipinski definition) is 4. The standard InChI is InChI=1S/C13H17O4P/c1-8-9-5-12(16-2)13(17-3)6-10(9)11(14)7-18(8,4)15/h5-6,8H,7H2,1-4H3/t8-,18-/m1/s1. The largest absolute Gasteiger partial charge is 0.493 e. The lowest BCUT2D eigenvalue weighted by molar-refractivity contribution is 0.101. The molecule has 1 aliphatic heterocycles. The number of benzene rings is 1. The SMILES string of the molecule is COc1cc2c(cc1OC)[C@@H](C)[P@](C)(=O)CC2=O. The Morgan fingerprint density at radius 3 is 2.33 bits per heavy atom. The minimum atomic E-state index is -2.47. The van der Waals surface area contributed by atoms with Gasteiger partial charge in [-0.2, -0.15) is 0 Å². The second-order valence-electron chi connectivity index (χ2n) is 4.73. The maximum atomic E-state index is 12.4. The molecular weight excluding hydrogens is 251 g/mol. The lowest BCUT2D eigenvalue weighted by Crippen LogP contribution is -2.19. The van der Waals surface area contributed by atoms with Crippen LogP contribution in [0.15, 0.2) is 12.1 Å². The zero-order chi connectivity index (χ0) is 13.5. The second kappa shape index (κ2) is 4.43. The molecule has 0 aliphatic carbocycles. The molecule has 5 heteroatoms. The predicted octanol–water partition coefficient (Wildman–Crippen LogP) is 2.95. The fourth-order valence-corrected chi connectivity index (χ4v) is 4.10. The Morgan fingerprint density at radius 1 is 1.22 bits per heavy atom. The predicted molar refractivity (Wildman–Crippen MR) is 70.7 cm³/mol. The van der Waals surface area contributed by atoms with Gasteiger partial charge in [0.15, 0.2) is 17.3 Å². The van der Waals surface area contributed by atoms with Crippen molar-refractivity contribution in [3.63, 3.8) is 0 Å². The lowest BCUT2D eigenvalue weighted by Gasteiger charge is -2.28. The molecule has 0 aromatic heterocycles. The van der Waals surface area contributed by atoms with Crippen molar-refractivity contribution in [3.8, 4) is 11.5 Å². The Bertz CT molecular complexity index is 550. The van der Waals surface area contributed by atoms with Gasteiger partial charge in [0.05, 0.1) is 27.5 Å². The first-order valence-corrected chi connectivity index (χ1v) is 8.17. The summed E-state index contributed by atoms with van der Waals surface area (Å²) in [6, 6.07) is 3.46. The number of hydrogen-bond donors (Lipinski definition) is 0. The van der Waals surface area contributed by atoms with Gasteiger partial charge in [0, 0.05) is 11.2 Å². The van der Waals surface area contributed by atoms with Crippen molar-refractivity contribution in [2.24, 2.45) is 0 Å². The van der Waals surface area contributed by atoms with Crippen LogP contribution in [0.25, 0.3) is 0 Å². The normalized spacial score (nSPS) is 26.7. The molecule has 0 fully saturated rings. The summed E-state index contributed by atoms with van der Waals surface area (Å²) in [5.74, 6) is 1.03. The minimum Gasteiger partial charge on any atom is -0.493 e. The third kappa shape index (κ3) is 1.95. The molecular formula is C13H17O4P. The molecule has 1 aromatic rings. The van der Waals surface area contributed by atoms with E-state index in [1.54, 1.807) is 25.9 Å². The first-order valence-electron chi connectivity index (χ1n) is 5.76. The zero-order valence-electron chi connectivity index (χ0n) is 11.0. The first-order chi connectivity index (χ1) is 8.40. The molecule has 0 radical (unpaired) electrons. The average molecular weight is 268 g/mol. The van der Waals surface area contributed by atoms with E-state index in [4.69, 9.17) is 9.47 Å². The van der Waals surface area contributed by atoms with Gasteiger partial charge >= 0.3 is 0 Å². The van der Waals surface area contributed by atoms with Gasteiger partial charge in [0.25, 0.3) is 0 Å². The maximum Gasteiger partial charge on any atom is 0.170 e. The number of methoxy groups -OCH3 is 2. The van der Waals surface area contributed by atoms with Crippen molar-refractivity contribution in [3.05, 3.63) is 23.3 Å². The summed E-state index contributed by atoms with van der Waals surface area (Å²) < 4.78 is 22.8. The van der Waals surface area contributed by atoms with Crippen LogP contribution in [0.1, 0.15) is 28.5 Å². The third-order valence-corrected chi connectivity index (χ3v) is 6.41. The van der Waals surface area contributed by atoms with Crippen molar-refractivity contribution >= 4 is 12.9 Å². The van der Waals surface area contributed by atoms with Crippen LogP contribution in [-0.2, 0) is 4.57 Å². The summed E-state index contributed by atoms with van der Waals surface area (Å²) in [6.45, 7) is 3.59. The van der Waals surface area contributed by atoms with Gasteiger partial charge in [-0.1, -0.05) is 6.92 Å². The average Bonchev–Trinajstić information content (AvgIpc) is 2.34. The molecule has 0 saturated carbocycles. The molecule has 0 saturated heterocycles. The van der Waals surface area contributed by atoms with Crippen LogP contribution in [-0.4, -0.2) is 32.8 Å². The summed E-state index contributed by atoms with van der Waals surface area (Å²) in [6.07, 6.45) is 0.136. The van der Waals surface area contributed by atoms with Gasteiger partial charge in [-0.15, -0.1) is 0 Å². The van der Waals surface area contributed by atoms with Gasteiger partial charge in [0.1, 0.15) is 0 Å². The summed E-state index contributed by atoms with van der Waals surface area (Å²) in [5.41, 5.74) is 1.29. The van der Waals surface area contributed by atoms with Gasteiger partial charge in [-0.3, -0.25) is 4.79 Å². The van der Waals surface area contributed by atoms with E-state index in [0.29, 0.717) is 17.1 Å². The fourth-order valence-electron chi connectivity index (χ4n) is 2.28. The second-order valence-corrected chi connectivity index (χ2v) is 8.16. The summed E-state index contributed by atoms with van der Waals surface area (Å²) in [4.78, 5) is 12.0. The van der Waals surface area contributed by atoms with Crippen LogP contribution >= 0.6 is 7.14 Å². The highest BCUT2D eigenvalue weighted by Gasteiger charge is 2.37. The van der Waals surface area contributed by atoms with E-state index in [1.165, 1.54) is 7.11 Å². The lowest BCUT2D eigenvalue weighted by atomic mass is 10.00. The molecule has 4 nitrogen and oxygen atoms in total. The van der Waals surface area contributed by atoms with Crippen LogP contribution in [0, 0.1) is 0 Å². The van der Waals surface area contributed by atoms with Crippen LogP contribution in [0.2, 0.25) is 0 Å². The number of Topliss-reactive ketones (excluding diaryl/α,β-unsaturated/α-hetero) is 1. The van der Waals surface area contributed by atoms with E-state index in [1.807, 2.05) is 6.92 Å². The van der Waals surface area contributed by atoms with Crippen molar-refractivity contribution in [2.75, 3.05) is 27.0 Å². The van der Waals surface area contributed by atoms with E-state index in [-0.39, 0.29) is 17.6 Å². The van der Waals surface area contributed by atoms with Crippen LogP contribution in [0.4, 0.5) is 0 Å². The molecule has 1 aliphatic rings. The topological polar surface area (TPSA) is 52.6 Å². The smallest absolute Gasteiger partial charge is 0.170 e. The molecule has 0 bridgehead atoms. The molecule has 0 spiro atoms. The van der Waals surface area contributed by atoms with Crippen molar-refractivity contribution in [1.82, 2.24) is 0 Å². The number of ketones is 1. The van der Waals surface area contributed by atoms with E-state index in [2.05, 4.69) is 0 Å². The number of rotatable bonds is 2. The Hall–Kier alpha value is -1.28. The maximum absolute atomic E-state index is 12.4. The van der Waals surface area contributed by atoms with Gasteiger partial charge in [-0.05, 0) is 24.4 Å². The zero-order valence-corrected chi connectivity index (χ0v) is 11.9. The van der Waals surface area contributed by atoms with Gasteiger partial charge in [-0.25, -0.2) is 0 Å². The number of carbonyl (C=O) groups is 1. The molecule has 2 rings (SSSR count). The number of carbonyl (C=O) groups excluding carboxylic acids is 1. The molecule has 1 aromatic carbocycles. The quantitative estimate of drug-likeness (QED) is 0.774. The highest BCUT2D eigenvalue weighted by Crippen LogP contribution is 2.60. The highest BCUT2D eigenvalue weighted by atomic mass is 31.2. The van der Waals surface area contributed by atoms with Crippen LogP contribution in [0.3, 0.4) is 0 Å². The monoisotopic (exact) mass is 268 g/mol. The number of ether oxygens (including phenoxy) is 2. The fraction of sp³-hybridized carbons (Fsp3) is 0.462. The van der Waals surface area contributed by atoms with Crippen LogP contribution < -0.4 is 9.47 Å². The summed E-state index contributed by atoms with van der Waals surface area (Å²) in [7, 11) is 0.614. The third-order valence-electron chi connectivity index (χ3n) is 3.58. The summed E-state index contributed by atoms with van der Waals surface area (Å²) in [5, 5.41) is 0. The van der Waals surface area contributed by atoms with Crippen molar-refractivity contribution in [1.29, 1.82) is 0 Å². The van der Waals surface area contributed by atoms with Gasteiger partial charge < -0.3 is 14.0 Å². The van der Waals surface area contributed by atoms with E-state index < -0.39 is 7.14 Å². The summed E-state index contributed by atoms with van der Waals surface area (Å²) >= 11 is 0. The Balaban J connectivity index is 2.66. The minimum absolute atomic E-state index is 0.0742. The van der Waals surface area contributed by atoms with E-state index in [0.717, 1.165) is 5.56 Å². The van der Waals surface area contributed by atoms with E-state index >= 15 is 0 Å². The molecule has 0 N–H and O–H groups in total. The Labute approximate surface area is 107 Å². The molecule has 98 valence electrons. The van der Waals surface area contributed by atoms with E-state index in [9.17, 15) is 9.36 Å². The number of fused-ring (bicyclic) bond motifs is 1. The Morgan fingerprint density at radius 2 is 1.78 bits per heavy atom.